The van der Waals surface area contributed by atoms with Gasteiger partial charge in [-0.25, -0.2) is 0 Å². The van der Waals surface area contributed by atoms with E-state index in [4.69, 9.17) is 4.42 Å². The summed E-state index contributed by atoms with van der Waals surface area (Å²) in [6.45, 7) is 0. The fourth-order valence-corrected chi connectivity index (χ4v) is 6.04. The number of nitriles is 1. The lowest BCUT2D eigenvalue weighted by Gasteiger charge is -2.15. The Balaban J connectivity index is 1.31. The number of rotatable bonds is 3. The first-order valence-electron chi connectivity index (χ1n) is 13.3. The van der Waals surface area contributed by atoms with Gasteiger partial charge < -0.3 is 8.98 Å². The number of nitrogens with zero attached hydrogens (tertiary/aromatic N) is 2. The molecule has 0 saturated heterocycles. The molecule has 0 N–H and O–H groups in total. The van der Waals surface area contributed by atoms with Crippen LogP contribution in [0.2, 0.25) is 0 Å². The lowest BCUT2D eigenvalue weighted by Crippen LogP contribution is -1.97. The molecule has 2 aromatic heterocycles. The molecule has 0 radical (unpaired) electrons. The summed E-state index contributed by atoms with van der Waals surface area (Å²) in [5.74, 6) is 0. The summed E-state index contributed by atoms with van der Waals surface area (Å²) in [7, 11) is 0. The maximum atomic E-state index is 10.3. The monoisotopic (exact) mass is 510 g/mol. The Kier molecular flexibility index (Phi) is 4.89. The SMILES string of the molecule is N#Cc1cc(-c2ccccc2-n2c3ccccc3c3ccccc32)ccc1-c1ccc2oc3ccccc3c2c1. The smallest absolute Gasteiger partial charge is 0.135 e. The predicted molar refractivity (Wildman–Crippen MR) is 164 cm³/mol. The van der Waals surface area contributed by atoms with Crippen LogP contribution in [0.4, 0.5) is 0 Å². The van der Waals surface area contributed by atoms with Crippen molar-refractivity contribution >= 4 is 43.7 Å². The highest BCUT2D eigenvalue weighted by molar-refractivity contribution is 6.10. The van der Waals surface area contributed by atoms with Crippen molar-refractivity contribution in [2.45, 2.75) is 0 Å². The largest absolute Gasteiger partial charge is 0.456 e. The highest BCUT2D eigenvalue weighted by Gasteiger charge is 2.16. The molecule has 186 valence electrons. The number of aromatic nitrogens is 1. The average molecular weight is 511 g/mol. The topological polar surface area (TPSA) is 41.9 Å². The van der Waals surface area contributed by atoms with Gasteiger partial charge in [0.05, 0.1) is 28.4 Å². The molecule has 0 bridgehead atoms. The second kappa shape index (κ2) is 8.73. The molecule has 0 aliphatic heterocycles. The van der Waals surface area contributed by atoms with Gasteiger partial charge in [-0.2, -0.15) is 5.26 Å². The summed E-state index contributed by atoms with van der Waals surface area (Å²) in [4.78, 5) is 0. The van der Waals surface area contributed by atoms with Gasteiger partial charge in [0.15, 0.2) is 0 Å². The molecule has 3 heteroatoms. The fourth-order valence-electron chi connectivity index (χ4n) is 6.04. The third-order valence-electron chi connectivity index (χ3n) is 7.86. The summed E-state index contributed by atoms with van der Waals surface area (Å²) in [5, 5.41) is 14.8. The van der Waals surface area contributed by atoms with Gasteiger partial charge in [-0.3, -0.25) is 0 Å². The number of furan rings is 1. The average Bonchev–Trinajstić information content (AvgIpc) is 3.56. The minimum Gasteiger partial charge on any atom is -0.456 e. The van der Waals surface area contributed by atoms with E-state index in [1.165, 1.54) is 10.8 Å². The Bertz CT molecular complexity index is 2240. The van der Waals surface area contributed by atoms with Gasteiger partial charge >= 0.3 is 0 Å². The van der Waals surface area contributed by atoms with Crippen molar-refractivity contribution in [1.29, 1.82) is 5.26 Å². The summed E-state index contributed by atoms with van der Waals surface area (Å²) in [5.41, 5.74) is 9.76. The molecule has 0 aliphatic carbocycles. The predicted octanol–water partition coefficient (Wildman–Crippen LogP) is 9.89. The zero-order valence-corrected chi connectivity index (χ0v) is 21.5. The van der Waals surface area contributed by atoms with Crippen LogP contribution >= 0.6 is 0 Å². The molecular weight excluding hydrogens is 488 g/mol. The third kappa shape index (κ3) is 3.30. The first-order valence-corrected chi connectivity index (χ1v) is 13.3. The Morgan fingerprint density at radius 3 is 1.88 bits per heavy atom. The highest BCUT2D eigenvalue weighted by atomic mass is 16.3. The molecule has 2 heterocycles. The molecule has 8 aromatic rings. The number of benzene rings is 6. The van der Waals surface area contributed by atoms with Gasteiger partial charge in [0.2, 0.25) is 0 Å². The molecule has 0 saturated carbocycles. The molecule has 0 spiro atoms. The van der Waals surface area contributed by atoms with Crippen LogP contribution in [0.5, 0.6) is 0 Å². The zero-order valence-electron chi connectivity index (χ0n) is 21.5. The molecule has 40 heavy (non-hydrogen) atoms. The fraction of sp³-hybridized carbons (Fsp3) is 0. The lowest BCUT2D eigenvalue weighted by molar-refractivity contribution is 0.669. The molecule has 0 aliphatic rings. The normalized spacial score (nSPS) is 11.5. The number of hydrogen-bond acceptors (Lipinski definition) is 2. The van der Waals surface area contributed by atoms with E-state index in [0.29, 0.717) is 5.56 Å². The molecular formula is C37H22N2O. The van der Waals surface area contributed by atoms with Crippen molar-refractivity contribution in [3.63, 3.8) is 0 Å². The van der Waals surface area contributed by atoms with E-state index >= 15 is 0 Å². The van der Waals surface area contributed by atoms with Crippen molar-refractivity contribution < 1.29 is 4.42 Å². The van der Waals surface area contributed by atoms with Crippen molar-refractivity contribution in [1.82, 2.24) is 4.57 Å². The van der Waals surface area contributed by atoms with Gasteiger partial charge in [-0.1, -0.05) is 91.0 Å². The Morgan fingerprint density at radius 2 is 1.10 bits per heavy atom. The maximum Gasteiger partial charge on any atom is 0.135 e. The maximum absolute atomic E-state index is 10.3. The van der Waals surface area contributed by atoms with Crippen LogP contribution in [0.3, 0.4) is 0 Å². The van der Waals surface area contributed by atoms with E-state index in [2.05, 4.69) is 108 Å². The van der Waals surface area contributed by atoms with Gasteiger partial charge in [-0.15, -0.1) is 0 Å². The van der Waals surface area contributed by atoms with E-state index in [1.54, 1.807) is 0 Å². The summed E-state index contributed by atoms with van der Waals surface area (Å²) >= 11 is 0. The van der Waals surface area contributed by atoms with Crippen LogP contribution in [0.25, 0.3) is 71.7 Å². The van der Waals surface area contributed by atoms with Crippen LogP contribution in [0.15, 0.2) is 138 Å². The second-order valence-electron chi connectivity index (χ2n) is 10.1. The summed E-state index contributed by atoms with van der Waals surface area (Å²) in [6, 6.07) is 48.4. The zero-order chi connectivity index (χ0) is 26.6. The van der Waals surface area contributed by atoms with Crippen LogP contribution in [0.1, 0.15) is 5.56 Å². The molecule has 8 rings (SSSR count). The minimum atomic E-state index is 0.640. The van der Waals surface area contributed by atoms with Crippen molar-refractivity contribution in [3.8, 4) is 34.0 Å². The Labute approximate surface area is 230 Å². The number of para-hydroxylation sites is 4. The summed E-state index contributed by atoms with van der Waals surface area (Å²) < 4.78 is 8.35. The van der Waals surface area contributed by atoms with Crippen molar-refractivity contribution in [3.05, 3.63) is 139 Å². The first kappa shape index (κ1) is 22.4. The minimum absolute atomic E-state index is 0.640. The van der Waals surface area contributed by atoms with Crippen LogP contribution in [-0.4, -0.2) is 4.57 Å². The molecule has 0 fully saturated rings. The number of fused-ring (bicyclic) bond motifs is 6. The van der Waals surface area contributed by atoms with E-state index in [-0.39, 0.29) is 0 Å². The van der Waals surface area contributed by atoms with E-state index < -0.39 is 0 Å². The van der Waals surface area contributed by atoms with E-state index in [9.17, 15) is 5.26 Å². The second-order valence-corrected chi connectivity index (χ2v) is 10.1. The van der Waals surface area contributed by atoms with Gasteiger partial charge in [0.25, 0.3) is 0 Å². The number of hydrogen-bond donors (Lipinski definition) is 0. The Hall–Kier alpha value is -5.59. The third-order valence-corrected chi connectivity index (χ3v) is 7.86. The van der Waals surface area contributed by atoms with E-state index in [0.717, 1.165) is 60.9 Å². The van der Waals surface area contributed by atoms with Crippen LogP contribution in [0, 0.1) is 11.3 Å². The van der Waals surface area contributed by atoms with Gasteiger partial charge in [0.1, 0.15) is 11.2 Å². The van der Waals surface area contributed by atoms with Crippen molar-refractivity contribution in [2.24, 2.45) is 0 Å². The van der Waals surface area contributed by atoms with Crippen LogP contribution in [-0.2, 0) is 0 Å². The highest BCUT2D eigenvalue weighted by Crippen LogP contribution is 2.38. The molecule has 3 nitrogen and oxygen atoms in total. The Morgan fingerprint density at radius 1 is 0.500 bits per heavy atom. The van der Waals surface area contributed by atoms with Crippen molar-refractivity contribution in [2.75, 3.05) is 0 Å². The lowest BCUT2D eigenvalue weighted by atomic mass is 9.94. The van der Waals surface area contributed by atoms with Crippen LogP contribution < -0.4 is 0 Å². The molecule has 0 atom stereocenters. The quantitative estimate of drug-likeness (QED) is 0.237. The van der Waals surface area contributed by atoms with E-state index in [1.807, 2.05) is 36.4 Å². The summed E-state index contributed by atoms with van der Waals surface area (Å²) in [6.07, 6.45) is 0. The standard InChI is InChI=1S/C37H22N2O/c38-23-26-21-24(17-19-27(26)25-18-20-37-32(22-25)31-12-4-8-16-36(31)40-37)28-9-1-5-13-33(28)39-34-14-6-2-10-29(34)30-11-3-7-15-35(30)39/h1-22H. The van der Waals surface area contributed by atoms with Gasteiger partial charge in [0, 0.05) is 27.1 Å². The molecule has 6 aromatic carbocycles. The first-order chi connectivity index (χ1) is 19.8. The molecule has 0 amide bonds. The van der Waals surface area contributed by atoms with Gasteiger partial charge in [-0.05, 0) is 59.2 Å². The molecule has 0 unspecified atom stereocenters.